The number of carbonyl (C=O) groups excluding carboxylic acids is 1. The van der Waals surface area contributed by atoms with Crippen LogP contribution in [0.2, 0.25) is 0 Å². The summed E-state index contributed by atoms with van der Waals surface area (Å²) in [7, 11) is 0. The average molecular weight is 322 g/mol. The van der Waals surface area contributed by atoms with Crippen molar-refractivity contribution < 1.29 is 9.53 Å². The molecule has 0 spiro atoms. The van der Waals surface area contributed by atoms with Crippen LogP contribution in [0.15, 0.2) is 22.9 Å². The zero-order valence-electron chi connectivity index (χ0n) is 11.9. The third kappa shape index (κ3) is 3.33. The molecule has 1 fully saturated rings. The summed E-state index contributed by atoms with van der Waals surface area (Å²) in [6.07, 6.45) is 2.76. The van der Waals surface area contributed by atoms with E-state index < -0.39 is 0 Å². The van der Waals surface area contributed by atoms with Crippen molar-refractivity contribution in [2.24, 2.45) is 5.92 Å². The number of thiazole rings is 1. The fourth-order valence-corrected chi connectivity index (χ4v) is 4.08. The Morgan fingerprint density at radius 2 is 2.43 bits per heavy atom. The van der Waals surface area contributed by atoms with Crippen LogP contribution in [0.25, 0.3) is 10.6 Å². The van der Waals surface area contributed by atoms with Crippen LogP contribution in [-0.4, -0.2) is 23.6 Å². The van der Waals surface area contributed by atoms with E-state index in [1.165, 1.54) is 11.3 Å². The number of hydrogen-bond donors (Lipinski definition) is 1. The zero-order valence-corrected chi connectivity index (χ0v) is 13.5. The summed E-state index contributed by atoms with van der Waals surface area (Å²) in [5.74, 6) is -0.0218. The van der Waals surface area contributed by atoms with Crippen molar-refractivity contribution in [2.45, 2.75) is 32.3 Å². The lowest BCUT2D eigenvalue weighted by Crippen LogP contribution is -2.37. The van der Waals surface area contributed by atoms with E-state index in [-0.39, 0.29) is 17.9 Å². The lowest BCUT2D eigenvalue weighted by atomic mass is 9.92. The molecule has 2 aromatic rings. The SMILES string of the molecule is CCC1OCCCC1C(=O)Nc1nc(-c2cccs2)cs1. The van der Waals surface area contributed by atoms with E-state index in [1.807, 2.05) is 22.9 Å². The number of rotatable bonds is 4. The quantitative estimate of drug-likeness (QED) is 0.925. The van der Waals surface area contributed by atoms with Gasteiger partial charge in [-0.25, -0.2) is 4.98 Å². The van der Waals surface area contributed by atoms with Gasteiger partial charge in [-0.05, 0) is 30.7 Å². The number of amides is 1. The Hall–Kier alpha value is -1.24. The number of carbonyl (C=O) groups is 1. The number of nitrogens with one attached hydrogen (secondary N) is 1. The van der Waals surface area contributed by atoms with Gasteiger partial charge in [-0.2, -0.15) is 0 Å². The zero-order chi connectivity index (χ0) is 14.7. The summed E-state index contributed by atoms with van der Waals surface area (Å²) in [4.78, 5) is 18.0. The second-order valence-electron chi connectivity index (χ2n) is 5.07. The second kappa shape index (κ2) is 6.68. The van der Waals surface area contributed by atoms with Gasteiger partial charge in [-0.15, -0.1) is 22.7 Å². The normalized spacial score (nSPS) is 22.1. The molecule has 6 heteroatoms. The minimum absolute atomic E-state index is 0.0358. The molecule has 1 amide bonds. The van der Waals surface area contributed by atoms with Crippen LogP contribution in [-0.2, 0) is 9.53 Å². The van der Waals surface area contributed by atoms with Gasteiger partial charge in [-0.3, -0.25) is 4.79 Å². The molecule has 1 aliphatic rings. The number of hydrogen-bond acceptors (Lipinski definition) is 5. The van der Waals surface area contributed by atoms with Crippen molar-refractivity contribution in [3.05, 3.63) is 22.9 Å². The summed E-state index contributed by atoms with van der Waals surface area (Å²) < 4.78 is 5.69. The van der Waals surface area contributed by atoms with Crippen molar-refractivity contribution in [1.82, 2.24) is 4.98 Å². The largest absolute Gasteiger partial charge is 0.377 e. The standard InChI is InChI=1S/C15H18N2O2S2/c1-2-12-10(5-3-7-19-12)14(18)17-15-16-11(9-21-15)13-6-4-8-20-13/h4,6,8-10,12H,2-3,5,7H2,1H3,(H,16,17,18). The maximum Gasteiger partial charge on any atom is 0.231 e. The molecule has 0 bridgehead atoms. The summed E-state index contributed by atoms with van der Waals surface area (Å²) in [5.41, 5.74) is 0.928. The maximum absolute atomic E-state index is 12.4. The molecule has 0 aliphatic carbocycles. The van der Waals surface area contributed by atoms with Crippen LogP contribution in [0.4, 0.5) is 5.13 Å². The first-order chi connectivity index (χ1) is 10.3. The van der Waals surface area contributed by atoms with E-state index in [4.69, 9.17) is 4.74 Å². The van der Waals surface area contributed by atoms with Crippen LogP contribution in [0.1, 0.15) is 26.2 Å². The van der Waals surface area contributed by atoms with Gasteiger partial charge in [0.15, 0.2) is 5.13 Å². The van der Waals surface area contributed by atoms with Crippen LogP contribution in [0, 0.1) is 5.92 Å². The van der Waals surface area contributed by atoms with Gasteiger partial charge in [-0.1, -0.05) is 13.0 Å². The third-order valence-electron chi connectivity index (χ3n) is 3.69. The van der Waals surface area contributed by atoms with Crippen LogP contribution in [0.5, 0.6) is 0 Å². The number of anilines is 1. The molecular formula is C15H18N2O2S2. The van der Waals surface area contributed by atoms with Crippen molar-refractivity contribution in [2.75, 3.05) is 11.9 Å². The highest BCUT2D eigenvalue weighted by atomic mass is 32.1. The molecule has 1 N–H and O–H groups in total. The summed E-state index contributed by atoms with van der Waals surface area (Å²) in [6, 6.07) is 4.04. The van der Waals surface area contributed by atoms with Crippen molar-refractivity contribution in [1.29, 1.82) is 0 Å². The van der Waals surface area contributed by atoms with E-state index in [0.717, 1.165) is 36.4 Å². The minimum atomic E-state index is -0.0576. The monoisotopic (exact) mass is 322 g/mol. The van der Waals surface area contributed by atoms with E-state index in [0.29, 0.717) is 5.13 Å². The predicted octanol–water partition coefficient (Wildman–Crippen LogP) is 4.02. The van der Waals surface area contributed by atoms with Crippen LogP contribution < -0.4 is 5.32 Å². The molecule has 21 heavy (non-hydrogen) atoms. The Bertz CT molecular complexity index is 595. The molecule has 2 aromatic heterocycles. The summed E-state index contributed by atoms with van der Waals surface area (Å²) in [5, 5.41) is 7.63. The molecule has 3 heterocycles. The molecular weight excluding hydrogens is 304 g/mol. The molecule has 2 atom stereocenters. The molecule has 2 unspecified atom stereocenters. The molecule has 4 nitrogen and oxygen atoms in total. The summed E-state index contributed by atoms with van der Waals surface area (Å²) >= 11 is 3.12. The lowest BCUT2D eigenvalue weighted by molar-refractivity contribution is -0.129. The van der Waals surface area contributed by atoms with Gasteiger partial charge in [0.2, 0.25) is 5.91 Å². The highest BCUT2D eigenvalue weighted by Gasteiger charge is 2.31. The first-order valence-corrected chi connectivity index (χ1v) is 8.95. The third-order valence-corrected chi connectivity index (χ3v) is 5.34. The smallest absolute Gasteiger partial charge is 0.231 e. The van der Waals surface area contributed by atoms with Gasteiger partial charge in [0.05, 0.1) is 22.6 Å². The Morgan fingerprint density at radius 3 is 3.19 bits per heavy atom. The van der Waals surface area contributed by atoms with Crippen molar-refractivity contribution in [3.63, 3.8) is 0 Å². The Labute approximate surface area is 132 Å². The molecule has 3 rings (SSSR count). The van der Waals surface area contributed by atoms with E-state index in [2.05, 4.69) is 17.2 Å². The molecule has 0 aromatic carbocycles. The number of thiophene rings is 1. The average Bonchev–Trinajstić information content (AvgIpc) is 3.17. The van der Waals surface area contributed by atoms with Gasteiger partial charge in [0.25, 0.3) is 0 Å². The van der Waals surface area contributed by atoms with Gasteiger partial charge in [0.1, 0.15) is 0 Å². The maximum atomic E-state index is 12.4. The highest BCUT2D eigenvalue weighted by Crippen LogP contribution is 2.29. The minimum Gasteiger partial charge on any atom is -0.377 e. The molecule has 1 aliphatic heterocycles. The van der Waals surface area contributed by atoms with Gasteiger partial charge in [0, 0.05) is 12.0 Å². The number of nitrogens with zero attached hydrogens (tertiary/aromatic N) is 1. The topological polar surface area (TPSA) is 51.2 Å². The highest BCUT2D eigenvalue weighted by molar-refractivity contribution is 7.16. The Balaban J connectivity index is 1.67. The molecule has 1 saturated heterocycles. The van der Waals surface area contributed by atoms with E-state index in [9.17, 15) is 4.79 Å². The number of aromatic nitrogens is 1. The first-order valence-electron chi connectivity index (χ1n) is 7.19. The molecule has 0 saturated carbocycles. The number of ether oxygens (including phenoxy) is 1. The lowest BCUT2D eigenvalue weighted by Gasteiger charge is -2.29. The fourth-order valence-electron chi connectivity index (χ4n) is 2.61. The van der Waals surface area contributed by atoms with Gasteiger partial charge < -0.3 is 10.1 Å². The van der Waals surface area contributed by atoms with Gasteiger partial charge >= 0.3 is 0 Å². The van der Waals surface area contributed by atoms with Crippen LogP contribution in [0.3, 0.4) is 0 Å². The van der Waals surface area contributed by atoms with Crippen LogP contribution >= 0.6 is 22.7 Å². The van der Waals surface area contributed by atoms with E-state index in [1.54, 1.807) is 11.3 Å². The first kappa shape index (κ1) is 14.7. The molecule has 112 valence electrons. The fraction of sp³-hybridized carbons (Fsp3) is 0.467. The van der Waals surface area contributed by atoms with Crippen molar-refractivity contribution >= 4 is 33.7 Å². The van der Waals surface area contributed by atoms with Crippen molar-refractivity contribution in [3.8, 4) is 10.6 Å². The van der Waals surface area contributed by atoms with E-state index >= 15 is 0 Å². The molecule has 0 radical (unpaired) electrons. The Morgan fingerprint density at radius 1 is 1.52 bits per heavy atom. The summed E-state index contributed by atoms with van der Waals surface area (Å²) in [6.45, 7) is 2.83. The Kier molecular flexibility index (Phi) is 4.67. The predicted molar refractivity (Wildman–Crippen MR) is 86.8 cm³/mol. The second-order valence-corrected chi connectivity index (χ2v) is 6.88.